The second kappa shape index (κ2) is 9.94. The summed E-state index contributed by atoms with van der Waals surface area (Å²) >= 11 is 1.58. The van der Waals surface area contributed by atoms with Crippen LogP contribution in [0.15, 0.2) is 35.9 Å². The van der Waals surface area contributed by atoms with Gasteiger partial charge in [0.2, 0.25) is 0 Å². The summed E-state index contributed by atoms with van der Waals surface area (Å²) in [6.07, 6.45) is 5.34. The van der Waals surface area contributed by atoms with Gasteiger partial charge >= 0.3 is 12.0 Å². The van der Waals surface area contributed by atoms with Gasteiger partial charge in [0.15, 0.2) is 0 Å². The average molecular weight is 534 g/mol. The highest BCUT2D eigenvalue weighted by atomic mass is 32.1. The molecule has 38 heavy (non-hydrogen) atoms. The topological polar surface area (TPSA) is 107 Å². The number of rotatable bonds is 5. The first-order valence-corrected chi connectivity index (χ1v) is 13.0. The van der Waals surface area contributed by atoms with Crippen LogP contribution in [0.5, 0.6) is 5.75 Å². The second-order valence-corrected chi connectivity index (χ2v) is 10.3. The molecule has 0 radical (unpaired) electrons. The zero-order valence-electron chi connectivity index (χ0n) is 21.5. The monoisotopic (exact) mass is 533 g/mol. The van der Waals surface area contributed by atoms with Crippen molar-refractivity contribution in [2.45, 2.75) is 39.5 Å². The second-order valence-electron chi connectivity index (χ2n) is 9.20. The maximum absolute atomic E-state index is 13.4. The lowest BCUT2D eigenvalue weighted by molar-refractivity contribution is -0.122. The normalized spacial score (nSPS) is 16.5. The highest BCUT2D eigenvalue weighted by Gasteiger charge is 2.37. The fourth-order valence-corrected chi connectivity index (χ4v) is 6.53. The number of methoxy groups -OCH3 is 2. The molecule has 0 spiro atoms. The summed E-state index contributed by atoms with van der Waals surface area (Å²) in [5, 5.41) is 3.03. The van der Waals surface area contributed by atoms with Gasteiger partial charge in [-0.15, -0.1) is 11.3 Å². The first kappa shape index (κ1) is 25.5. The summed E-state index contributed by atoms with van der Waals surface area (Å²) in [7, 11) is 2.90. The molecule has 1 saturated heterocycles. The fourth-order valence-electron chi connectivity index (χ4n) is 5.05. The lowest BCUT2D eigenvalue weighted by atomic mass is 9.95. The number of anilines is 1. The third-order valence-corrected chi connectivity index (χ3v) is 8.22. The summed E-state index contributed by atoms with van der Waals surface area (Å²) in [6.45, 7) is 3.78. The molecule has 4 amide bonds. The number of carbonyl (C=O) groups excluding carboxylic acids is 4. The van der Waals surface area contributed by atoms with Crippen molar-refractivity contribution in [2.75, 3.05) is 19.1 Å². The molecule has 1 aromatic carbocycles. The van der Waals surface area contributed by atoms with Crippen LogP contribution in [0.25, 0.3) is 11.1 Å². The van der Waals surface area contributed by atoms with Gasteiger partial charge in [0.05, 0.1) is 25.5 Å². The molecule has 1 N–H and O–H groups in total. The lowest BCUT2D eigenvalue weighted by Gasteiger charge is -2.26. The third kappa shape index (κ3) is 4.20. The Morgan fingerprint density at radius 3 is 2.45 bits per heavy atom. The van der Waals surface area contributed by atoms with Gasteiger partial charge in [0.25, 0.3) is 11.8 Å². The summed E-state index contributed by atoms with van der Waals surface area (Å²) < 4.78 is 12.3. The fraction of sp³-hybridized carbons (Fsp3) is 0.286. The van der Waals surface area contributed by atoms with E-state index in [-0.39, 0.29) is 11.5 Å². The van der Waals surface area contributed by atoms with E-state index < -0.39 is 17.8 Å². The highest BCUT2D eigenvalue weighted by molar-refractivity contribution is 7.15. The van der Waals surface area contributed by atoms with E-state index in [4.69, 9.17) is 9.47 Å². The average Bonchev–Trinajstić information content (AvgIpc) is 3.42. The number of barbiturate groups is 1. The number of aryl methyl sites for hydroxylation is 2. The molecule has 2 aliphatic rings. The minimum absolute atomic E-state index is 0.167. The SMILES string of the molecule is COC(=O)c1c(-n2c(C)cc(/C=C3\C(=O)NC(=O)N(c4ccc(OC)cc4)C3=O)c2C)sc2c1CCCC2. The molecule has 196 valence electrons. The molecule has 0 unspecified atom stereocenters. The highest BCUT2D eigenvalue weighted by Crippen LogP contribution is 2.39. The molecule has 9 nitrogen and oxygen atoms in total. The molecule has 1 fully saturated rings. The Morgan fingerprint density at radius 2 is 1.76 bits per heavy atom. The van der Waals surface area contributed by atoms with Gasteiger partial charge in [-0.25, -0.2) is 14.5 Å². The van der Waals surface area contributed by atoms with E-state index in [0.717, 1.165) is 52.5 Å². The van der Waals surface area contributed by atoms with Crippen molar-refractivity contribution in [1.82, 2.24) is 9.88 Å². The number of fused-ring (bicyclic) bond motifs is 1. The molecule has 5 rings (SSSR count). The van der Waals surface area contributed by atoms with Crippen LogP contribution in [0.2, 0.25) is 0 Å². The number of hydrogen-bond donors (Lipinski definition) is 1. The van der Waals surface area contributed by atoms with Gasteiger partial charge in [0, 0.05) is 16.3 Å². The number of amides is 4. The van der Waals surface area contributed by atoms with Crippen LogP contribution in [-0.4, -0.2) is 42.6 Å². The molecule has 0 atom stereocenters. The van der Waals surface area contributed by atoms with E-state index in [0.29, 0.717) is 22.6 Å². The van der Waals surface area contributed by atoms with Gasteiger partial charge in [-0.3, -0.25) is 14.9 Å². The molecule has 3 aromatic rings. The Morgan fingerprint density at radius 1 is 1.05 bits per heavy atom. The Labute approximate surface area is 223 Å². The van der Waals surface area contributed by atoms with Gasteiger partial charge in [-0.05, 0) is 87.1 Å². The number of esters is 1. The maximum atomic E-state index is 13.4. The van der Waals surface area contributed by atoms with Crippen molar-refractivity contribution in [1.29, 1.82) is 0 Å². The number of aromatic nitrogens is 1. The van der Waals surface area contributed by atoms with Crippen LogP contribution >= 0.6 is 11.3 Å². The Hall–Kier alpha value is -4.18. The number of nitrogens with one attached hydrogen (secondary N) is 1. The quantitative estimate of drug-likeness (QED) is 0.294. The molecule has 3 heterocycles. The lowest BCUT2D eigenvalue weighted by Crippen LogP contribution is -2.54. The summed E-state index contributed by atoms with van der Waals surface area (Å²) in [5.41, 5.74) is 4.00. The molecular formula is C28H27N3O6S. The van der Waals surface area contributed by atoms with E-state index in [9.17, 15) is 19.2 Å². The zero-order chi connectivity index (χ0) is 27.1. The van der Waals surface area contributed by atoms with Crippen LogP contribution in [0.3, 0.4) is 0 Å². The van der Waals surface area contributed by atoms with Crippen molar-refractivity contribution >= 4 is 46.9 Å². The van der Waals surface area contributed by atoms with Gasteiger partial charge in [0.1, 0.15) is 16.3 Å². The molecule has 0 bridgehead atoms. The van der Waals surface area contributed by atoms with E-state index in [2.05, 4.69) is 5.32 Å². The predicted octanol–water partition coefficient (Wildman–Crippen LogP) is 4.50. The number of nitrogens with zero attached hydrogens (tertiary/aromatic N) is 2. The van der Waals surface area contributed by atoms with Crippen LogP contribution in [-0.2, 0) is 27.2 Å². The number of imide groups is 2. The van der Waals surface area contributed by atoms with Crippen molar-refractivity contribution in [3.8, 4) is 10.8 Å². The van der Waals surface area contributed by atoms with Gasteiger partial charge < -0.3 is 14.0 Å². The zero-order valence-corrected chi connectivity index (χ0v) is 22.4. The largest absolute Gasteiger partial charge is 0.497 e. The van der Waals surface area contributed by atoms with E-state index in [1.807, 2.05) is 24.5 Å². The van der Waals surface area contributed by atoms with E-state index in [1.165, 1.54) is 25.2 Å². The predicted molar refractivity (Wildman–Crippen MR) is 143 cm³/mol. The van der Waals surface area contributed by atoms with Crippen LogP contribution in [0.4, 0.5) is 10.5 Å². The molecule has 0 saturated carbocycles. The molecule has 2 aromatic heterocycles. The first-order chi connectivity index (χ1) is 18.2. The van der Waals surface area contributed by atoms with Crippen LogP contribution < -0.4 is 15.0 Å². The minimum Gasteiger partial charge on any atom is -0.497 e. The van der Waals surface area contributed by atoms with Gasteiger partial charge in [-0.1, -0.05) is 0 Å². The Balaban J connectivity index is 1.57. The summed E-state index contributed by atoms with van der Waals surface area (Å²) in [4.78, 5) is 53.6. The Bertz CT molecular complexity index is 1510. The summed E-state index contributed by atoms with van der Waals surface area (Å²) in [5.74, 6) is -1.30. The molecule has 10 heteroatoms. The van der Waals surface area contributed by atoms with Gasteiger partial charge in [-0.2, -0.15) is 0 Å². The number of carbonyl (C=O) groups is 4. The third-order valence-electron chi connectivity index (χ3n) is 6.95. The van der Waals surface area contributed by atoms with Crippen LogP contribution in [0.1, 0.15) is 50.6 Å². The number of thiophene rings is 1. The van der Waals surface area contributed by atoms with Crippen LogP contribution in [0, 0.1) is 13.8 Å². The van der Waals surface area contributed by atoms with Crippen molar-refractivity contribution in [3.05, 3.63) is 68.9 Å². The standard InChI is InChI=1S/C28H27N3O6S/c1-15-13-17(16(2)30(15)26-23(27(34)37-4)20-7-5-6-8-22(20)38-26)14-21-24(32)29-28(35)31(25(21)33)18-9-11-19(36-3)12-10-18/h9-14H,5-8H2,1-4H3,(H,29,32,35)/b21-14+. The minimum atomic E-state index is -0.820. The van der Waals surface area contributed by atoms with Crippen molar-refractivity contribution in [2.24, 2.45) is 0 Å². The number of benzene rings is 1. The summed E-state index contributed by atoms with van der Waals surface area (Å²) in [6, 6.07) is 7.44. The van der Waals surface area contributed by atoms with Crippen molar-refractivity contribution < 1.29 is 28.7 Å². The van der Waals surface area contributed by atoms with Crippen molar-refractivity contribution in [3.63, 3.8) is 0 Å². The molecule has 1 aliphatic heterocycles. The first-order valence-electron chi connectivity index (χ1n) is 12.2. The number of hydrogen-bond acceptors (Lipinski definition) is 7. The number of ether oxygens (including phenoxy) is 2. The smallest absolute Gasteiger partial charge is 0.341 e. The molecular weight excluding hydrogens is 506 g/mol. The Kier molecular flexibility index (Phi) is 6.66. The number of urea groups is 1. The molecule has 1 aliphatic carbocycles. The van der Waals surface area contributed by atoms with E-state index >= 15 is 0 Å². The maximum Gasteiger partial charge on any atom is 0.341 e. The van der Waals surface area contributed by atoms with E-state index in [1.54, 1.807) is 35.6 Å².